The molecule has 0 atom stereocenters. The Morgan fingerprint density at radius 3 is 2.41 bits per heavy atom. The van der Waals surface area contributed by atoms with Gasteiger partial charge in [-0.1, -0.05) is 72.3 Å². The van der Waals surface area contributed by atoms with Crippen LogP contribution < -0.4 is 9.47 Å². The van der Waals surface area contributed by atoms with Crippen LogP contribution in [0.2, 0.25) is 5.02 Å². The lowest BCUT2D eigenvalue weighted by Crippen LogP contribution is -2.01. The van der Waals surface area contributed by atoms with Gasteiger partial charge in [0.15, 0.2) is 17.2 Å². The molecular weight excluding hydrogens is 426 g/mol. The minimum atomic E-state index is -0.530. The summed E-state index contributed by atoms with van der Waals surface area (Å²) in [6.45, 7) is 0.352. The SMILES string of the molecule is COc1cc(/C=C2N=C(/C=C/c3ccccc3)OC/2=O)cc(Cl)c1OCc1ccccc1. The van der Waals surface area contributed by atoms with Crippen molar-refractivity contribution in [2.45, 2.75) is 6.61 Å². The number of carbonyl (C=O) groups is 1. The number of hydrogen-bond acceptors (Lipinski definition) is 5. The molecule has 0 fully saturated rings. The molecule has 0 bridgehead atoms. The first-order valence-electron chi connectivity index (χ1n) is 9.92. The lowest BCUT2D eigenvalue weighted by molar-refractivity contribution is -0.129. The van der Waals surface area contributed by atoms with Crippen LogP contribution in [0.1, 0.15) is 16.7 Å². The number of esters is 1. The standard InChI is InChI=1S/C26H20ClNO4/c1-30-23-16-20(14-21(27)25(23)31-17-19-10-6-3-7-11-19)15-22-26(29)32-24(28-22)13-12-18-8-4-2-5-9-18/h2-16H,17H2,1H3/b13-12+,22-15+. The summed E-state index contributed by atoms with van der Waals surface area (Å²) in [6.07, 6.45) is 5.08. The van der Waals surface area contributed by atoms with Crippen molar-refractivity contribution in [1.29, 1.82) is 0 Å². The van der Waals surface area contributed by atoms with Crippen LogP contribution in [0.15, 0.2) is 89.6 Å². The number of carbonyl (C=O) groups excluding carboxylic acids is 1. The Kier molecular flexibility index (Phi) is 6.68. The molecule has 1 aliphatic rings. The second kappa shape index (κ2) is 9.98. The minimum absolute atomic E-state index is 0.175. The van der Waals surface area contributed by atoms with E-state index in [4.69, 9.17) is 25.8 Å². The second-order valence-corrected chi connectivity index (χ2v) is 7.33. The minimum Gasteiger partial charge on any atom is -0.493 e. The molecule has 0 aromatic heterocycles. The molecule has 32 heavy (non-hydrogen) atoms. The zero-order valence-corrected chi connectivity index (χ0v) is 18.1. The van der Waals surface area contributed by atoms with Gasteiger partial charge in [-0.2, -0.15) is 0 Å². The molecular formula is C26H20ClNO4. The van der Waals surface area contributed by atoms with Crippen molar-refractivity contribution in [3.05, 3.63) is 106 Å². The molecule has 0 saturated heterocycles. The van der Waals surface area contributed by atoms with Crippen molar-refractivity contribution in [2.75, 3.05) is 7.11 Å². The van der Waals surface area contributed by atoms with Crippen LogP contribution in [0, 0.1) is 0 Å². The summed E-state index contributed by atoms with van der Waals surface area (Å²) >= 11 is 6.45. The summed E-state index contributed by atoms with van der Waals surface area (Å²) < 4.78 is 16.6. The quantitative estimate of drug-likeness (QED) is 0.333. The molecule has 0 unspecified atom stereocenters. The van der Waals surface area contributed by atoms with Crippen LogP contribution in [0.25, 0.3) is 12.2 Å². The Morgan fingerprint density at radius 2 is 1.69 bits per heavy atom. The average Bonchev–Trinajstić information content (AvgIpc) is 3.17. The van der Waals surface area contributed by atoms with Crippen molar-refractivity contribution < 1.29 is 19.0 Å². The third-order valence-electron chi connectivity index (χ3n) is 4.64. The Bertz CT molecular complexity index is 1200. The van der Waals surface area contributed by atoms with E-state index in [2.05, 4.69) is 4.99 Å². The monoisotopic (exact) mass is 445 g/mol. The summed E-state index contributed by atoms with van der Waals surface area (Å²) in [5.74, 6) is 0.590. The molecule has 0 amide bonds. The van der Waals surface area contributed by atoms with Crippen LogP contribution in [0.5, 0.6) is 11.5 Å². The molecule has 6 heteroatoms. The number of aliphatic imine (C=N–C) groups is 1. The molecule has 5 nitrogen and oxygen atoms in total. The lowest BCUT2D eigenvalue weighted by atomic mass is 10.1. The molecule has 1 heterocycles. The third-order valence-corrected chi connectivity index (χ3v) is 4.92. The maximum Gasteiger partial charge on any atom is 0.363 e. The van der Waals surface area contributed by atoms with E-state index in [1.807, 2.05) is 66.7 Å². The lowest BCUT2D eigenvalue weighted by Gasteiger charge is -2.13. The van der Waals surface area contributed by atoms with Gasteiger partial charge < -0.3 is 14.2 Å². The number of cyclic esters (lactones) is 1. The number of nitrogens with zero attached hydrogens (tertiary/aromatic N) is 1. The summed E-state index contributed by atoms with van der Waals surface area (Å²) in [6, 6.07) is 22.9. The van der Waals surface area contributed by atoms with Crippen LogP contribution >= 0.6 is 11.6 Å². The van der Waals surface area contributed by atoms with Gasteiger partial charge in [0.25, 0.3) is 0 Å². The summed E-state index contributed by atoms with van der Waals surface area (Å²) in [5, 5.41) is 0.367. The molecule has 160 valence electrons. The Labute approximate surface area is 191 Å². The van der Waals surface area contributed by atoms with Crippen LogP contribution in [-0.2, 0) is 16.1 Å². The number of ether oxygens (including phenoxy) is 3. The van der Waals surface area contributed by atoms with Gasteiger partial charge in [0.1, 0.15) is 6.61 Å². The number of hydrogen-bond donors (Lipinski definition) is 0. The maximum atomic E-state index is 12.2. The molecule has 0 aliphatic carbocycles. The van der Waals surface area contributed by atoms with Gasteiger partial charge in [0, 0.05) is 6.08 Å². The number of methoxy groups -OCH3 is 1. The maximum absolute atomic E-state index is 12.2. The average molecular weight is 446 g/mol. The normalized spacial score (nSPS) is 14.5. The molecule has 3 aromatic carbocycles. The van der Waals surface area contributed by atoms with Gasteiger partial charge in [-0.25, -0.2) is 9.79 Å². The van der Waals surface area contributed by atoms with Crippen molar-refractivity contribution in [3.8, 4) is 11.5 Å². The molecule has 0 saturated carbocycles. The Hall–Kier alpha value is -3.83. The van der Waals surface area contributed by atoms with Gasteiger partial charge in [-0.15, -0.1) is 0 Å². The van der Waals surface area contributed by atoms with E-state index in [9.17, 15) is 4.79 Å². The number of rotatable bonds is 7. The van der Waals surface area contributed by atoms with E-state index in [1.165, 1.54) is 7.11 Å². The largest absolute Gasteiger partial charge is 0.493 e. The molecule has 0 N–H and O–H groups in total. The van der Waals surface area contributed by atoms with Crippen LogP contribution in [0.3, 0.4) is 0 Å². The highest BCUT2D eigenvalue weighted by molar-refractivity contribution is 6.32. The molecule has 3 aromatic rings. The summed E-state index contributed by atoms with van der Waals surface area (Å²) in [7, 11) is 1.53. The second-order valence-electron chi connectivity index (χ2n) is 6.92. The fourth-order valence-corrected chi connectivity index (χ4v) is 3.35. The fourth-order valence-electron chi connectivity index (χ4n) is 3.08. The predicted molar refractivity (Wildman–Crippen MR) is 126 cm³/mol. The summed E-state index contributed by atoms with van der Waals surface area (Å²) in [4.78, 5) is 16.5. The Balaban J connectivity index is 1.54. The van der Waals surface area contributed by atoms with Crippen molar-refractivity contribution in [3.63, 3.8) is 0 Å². The van der Waals surface area contributed by atoms with E-state index >= 15 is 0 Å². The van der Waals surface area contributed by atoms with Gasteiger partial charge in [0.2, 0.25) is 5.90 Å². The smallest absolute Gasteiger partial charge is 0.363 e. The zero-order chi connectivity index (χ0) is 22.3. The predicted octanol–water partition coefficient (Wildman–Crippen LogP) is 5.94. The zero-order valence-electron chi connectivity index (χ0n) is 17.3. The van der Waals surface area contributed by atoms with E-state index in [0.29, 0.717) is 28.7 Å². The molecule has 4 rings (SSSR count). The Morgan fingerprint density at radius 1 is 0.969 bits per heavy atom. The number of benzene rings is 3. The van der Waals surface area contributed by atoms with Gasteiger partial charge in [-0.05, 0) is 41.0 Å². The first-order valence-corrected chi connectivity index (χ1v) is 10.3. The van der Waals surface area contributed by atoms with Gasteiger partial charge in [0.05, 0.1) is 12.1 Å². The van der Waals surface area contributed by atoms with Crippen LogP contribution in [-0.4, -0.2) is 19.0 Å². The molecule has 0 spiro atoms. The van der Waals surface area contributed by atoms with Crippen molar-refractivity contribution >= 4 is 35.6 Å². The number of halogens is 1. The van der Waals surface area contributed by atoms with E-state index in [0.717, 1.165) is 11.1 Å². The molecule has 0 radical (unpaired) electrons. The van der Waals surface area contributed by atoms with E-state index < -0.39 is 5.97 Å². The fraction of sp³-hybridized carbons (Fsp3) is 0.0769. The van der Waals surface area contributed by atoms with Gasteiger partial charge >= 0.3 is 5.97 Å². The van der Waals surface area contributed by atoms with E-state index in [1.54, 1.807) is 24.3 Å². The summed E-state index contributed by atoms with van der Waals surface area (Å²) in [5.41, 5.74) is 2.80. The van der Waals surface area contributed by atoms with Gasteiger partial charge in [-0.3, -0.25) is 0 Å². The first-order chi connectivity index (χ1) is 15.6. The highest BCUT2D eigenvalue weighted by Gasteiger charge is 2.22. The highest BCUT2D eigenvalue weighted by atomic mass is 35.5. The topological polar surface area (TPSA) is 57.1 Å². The van der Waals surface area contributed by atoms with Crippen LogP contribution in [0.4, 0.5) is 0 Å². The first kappa shape index (κ1) is 21.4. The highest BCUT2D eigenvalue weighted by Crippen LogP contribution is 2.37. The van der Waals surface area contributed by atoms with E-state index in [-0.39, 0.29) is 11.6 Å². The van der Waals surface area contributed by atoms with Crippen molar-refractivity contribution in [2.24, 2.45) is 4.99 Å². The van der Waals surface area contributed by atoms with Crippen molar-refractivity contribution in [1.82, 2.24) is 0 Å². The molecule has 1 aliphatic heterocycles. The third kappa shape index (κ3) is 5.25.